The van der Waals surface area contributed by atoms with Crippen LogP contribution in [0.25, 0.3) is 0 Å². The quantitative estimate of drug-likeness (QED) is 0.648. The maximum absolute atomic E-state index is 10.8. The highest BCUT2D eigenvalue weighted by Gasteiger charge is 2.14. The van der Waals surface area contributed by atoms with Gasteiger partial charge in [-0.25, -0.2) is 0 Å². The normalized spacial score (nSPS) is 12.2. The van der Waals surface area contributed by atoms with Crippen LogP contribution in [0.3, 0.4) is 0 Å². The Kier molecular flexibility index (Phi) is 4.89. The van der Waals surface area contributed by atoms with Crippen LogP contribution >= 0.6 is 15.9 Å². The highest BCUT2D eigenvalue weighted by atomic mass is 79.9. The number of nitro benzene ring substituents is 1. The van der Waals surface area contributed by atoms with E-state index in [1.54, 1.807) is 13.0 Å². The van der Waals surface area contributed by atoms with Crippen molar-refractivity contribution in [3.63, 3.8) is 0 Å². The molecule has 0 fully saturated rings. The zero-order valence-electron chi connectivity index (χ0n) is 10.1. The van der Waals surface area contributed by atoms with Crippen molar-refractivity contribution in [1.29, 1.82) is 0 Å². The van der Waals surface area contributed by atoms with Crippen molar-refractivity contribution in [2.24, 2.45) is 0 Å². The largest absolute Gasteiger partial charge is 0.383 e. The molecule has 0 saturated carbocycles. The summed E-state index contributed by atoms with van der Waals surface area (Å²) in [6, 6.07) is 3.64. The Morgan fingerprint density at radius 2 is 2.18 bits per heavy atom. The molecule has 17 heavy (non-hydrogen) atoms. The van der Waals surface area contributed by atoms with Crippen molar-refractivity contribution in [1.82, 2.24) is 5.32 Å². The van der Waals surface area contributed by atoms with Gasteiger partial charge in [0.1, 0.15) is 0 Å². The lowest BCUT2D eigenvalue weighted by molar-refractivity contribution is -0.385. The smallest absolute Gasteiger partial charge is 0.273 e. The second-order valence-electron chi connectivity index (χ2n) is 3.95. The van der Waals surface area contributed by atoms with E-state index in [1.807, 2.05) is 7.05 Å². The third-order valence-corrected chi connectivity index (χ3v) is 3.23. The minimum Gasteiger partial charge on any atom is -0.383 e. The number of halogens is 1. The maximum Gasteiger partial charge on any atom is 0.273 e. The van der Waals surface area contributed by atoms with E-state index in [9.17, 15) is 10.1 Å². The summed E-state index contributed by atoms with van der Waals surface area (Å²) in [5.74, 6) is 0. The van der Waals surface area contributed by atoms with E-state index in [-0.39, 0.29) is 10.6 Å². The number of aryl methyl sites for hydroxylation is 1. The van der Waals surface area contributed by atoms with Gasteiger partial charge in [-0.15, -0.1) is 0 Å². The molecule has 0 aliphatic carbocycles. The van der Waals surface area contributed by atoms with Crippen LogP contribution < -0.4 is 10.6 Å². The van der Waals surface area contributed by atoms with Gasteiger partial charge in [0.15, 0.2) is 0 Å². The molecule has 1 aromatic carbocycles. The SMILES string of the molecule is CNC(C)CNc1cc(C)c([N+](=O)[O-])cc1Br. The van der Waals surface area contributed by atoms with Crippen LogP contribution in [0.15, 0.2) is 16.6 Å². The Morgan fingerprint density at radius 1 is 1.53 bits per heavy atom. The number of nitro groups is 1. The molecule has 1 rings (SSSR count). The van der Waals surface area contributed by atoms with Crippen molar-refractivity contribution < 1.29 is 4.92 Å². The lowest BCUT2D eigenvalue weighted by atomic mass is 10.2. The predicted molar refractivity (Wildman–Crippen MR) is 72.5 cm³/mol. The summed E-state index contributed by atoms with van der Waals surface area (Å²) < 4.78 is 0.707. The third kappa shape index (κ3) is 3.67. The van der Waals surface area contributed by atoms with Crippen LogP contribution in [0.1, 0.15) is 12.5 Å². The Bertz CT molecular complexity index is 423. The molecular formula is C11H16BrN3O2. The molecule has 1 atom stereocenters. The Morgan fingerprint density at radius 3 is 2.71 bits per heavy atom. The van der Waals surface area contributed by atoms with Gasteiger partial charge in [-0.2, -0.15) is 0 Å². The molecule has 0 aliphatic heterocycles. The van der Waals surface area contributed by atoms with E-state index in [1.165, 1.54) is 6.07 Å². The summed E-state index contributed by atoms with van der Waals surface area (Å²) in [5, 5.41) is 17.1. The molecule has 0 bridgehead atoms. The standard InChI is InChI=1S/C11H16BrN3O2/c1-7-4-10(14-6-8(2)13-3)9(12)5-11(7)15(16)17/h4-5,8,13-14H,6H2,1-3H3. The van der Waals surface area contributed by atoms with Gasteiger partial charge >= 0.3 is 0 Å². The maximum atomic E-state index is 10.8. The van der Waals surface area contributed by atoms with Crippen molar-refractivity contribution in [2.45, 2.75) is 19.9 Å². The van der Waals surface area contributed by atoms with Crippen molar-refractivity contribution in [2.75, 3.05) is 18.9 Å². The first-order valence-electron chi connectivity index (χ1n) is 5.31. The van der Waals surface area contributed by atoms with Gasteiger partial charge in [0, 0.05) is 34.4 Å². The predicted octanol–water partition coefficient (Wildman–Crippen LogP) is 2.69. The van der Waals surface area contributed by atoms with E-state index in [0.29, 0.717) is 16.1 Å². The first-order valence-corrected chi connectivity index (χ1v) is 6.10. The van der Waals surface area contributed by atoms with Crippen LogP contribution in [0.2, 0.25) is 0 Å². The average molecular weight is 302 g/mol. The number of benzene rings is 1. The molecule has 5 nitrogen and oxygen atoms in total. The fourth-order valence-corrected chi connectivity index (χ4v) is 1.84. The zero-order chi connectivity index (χ0) is 13.0. The first-order chi connectivity index (χ1) is 7.95. The molecule has 0 saturated heterocycles. The van der Waals surface area contributed by atoms with Gasteiger partial charge in [0.05, 0.1) is 4.92 Å². The zero-order valence-corrected chi connectivity index (χ0v) is 11.7. The summed E-state index contributed by atoms with van der Waals surface area (Å²) in [6.07, 6.45) is 0. The molecule has 2 N–H and O–H groups in total. The van der Waals surface area contributed by atoms with Gasteiger partial charge in [0.25, 0.3) is 5.69 Å². The van der Waals surface area contributed by atoms with Crippen molar-refractivity contribution in [3.8, 4) is 0 Å². The minimum absolute atomic E-state index is 0.129. The second kappa shape index (κ2) is 5.97. The van der Waals surface area contributed by atoms with E-state index in [4.69, 9.17) is 0 Å². The third-order valence-electron chi connectivity index (χ3n) is 2.57. The van der Waals surface area contributed by atoms with Crippen LogP contribution in [0, 0.1) is 17.0 Å². The number of hydrogen-bond donors (Lipinski definition) is 2. The highest BCUT2D eigenvalue weighted by molar-refractivity contribution is 9.10. The first kappa shape index (κ1) is 13.9. The van der Waals surface area contributed by atoms with Crippen LogP contribution in [0.5, 0.6) is 0 Å². The number of nitrogens with one attached hydrogen (secondary N) is 2. The Balaban J connectivity index is 2.88. The van der Waals surface area contributed by atoms with Gasteiger partial charge in [-0.1, -0.05) is 0 Å². The van der Waals surface area contributed by atoms with E-state index in [0.717, 1.165) is 12.2 Å². The number of nitrogens with zero attached hydrogens (tertiary/aromatic N) is 1. The fourth-order valence-electron chi connectivity index (χ4n) is 1.37. The van der Waals surface area contributed by atoms with E-state index in [2.05, 4.69) is 33.5 Å². The van der Waals surface area contributed by atoms with Crippen molar-refractivity contribution in [3.05, 3.63) is 32.3 Å². The lowest BCUT2D eigenvalue weighted by Gasteiger charge is -2.14. The van der Waals surface area contributed by atoms with E-state index < -0.39 is 0 Å². The number of likely N-dealkylation sites (N-methyl/N-ethyl adjacent to an activating group) is 1. The molecule has 0 radical (unpaired) electrons. The molecule has 0 aliphatic rings. The Labute approximate surface area is 109 Å². The summed E-state index contributed by atoms with van der Waals surface area (Å²) in [7, 11) is 1.89. The van der Waals surface area contributed by atoms with Gasteiger partial charge in [0.2, 0.25) is 0 Å². The second-order valence-corrected chi connectivity index (χ2v) is 4.80. The number of hydrogen-bond acceptors (Lipinski definition) is 4. The fraction of sp³-hybridized carbons (Fsp3) is 0.455. The molecule has 6 heteroatoms. The molecule has 94 valence electrons. The molecule has 0 spiro atoms. The lowest BCUT2D eigenvalue weighted by Crippen LogP contribution is -2.29. The monoisotopic (exact) mass is 301 g/mol. The molecule has 0 amide bonds. The highest BCUT2D eigenvalue weighted by Crippen LogP contribution is 2.30. The molecule has 1 unspecified atom stereocenters. The van der Waals surface area contributed by atoms with Crippen LogP contribution in [0.4, 0.5) is 11.4 Å². The van der Waals surface area contributed by atoms with Gasteiger partial charge in [-0.05, 0) is 42.9 Å². The average Bonchev–Trinajstić information content (AvgIpc) is 2.28. The van der Waals surface area contributed by atoms with Crippen molar-refractivity contribution >= 4 is 27.3 Å². The van der Waals surface area contributed by atoms with Crippen LogP contribution in [-0.2, 0) is 0 Å². The summed E-state index contributed by atoms with van der Waals surface area (Å²) in [4.78, 5) is 10.4. The van der Waals surface area contributed by atoms with Crippen LogP contribution in [-0.4, -0.2) is 24.6 Å². The number of anilines is 1. The minimum atomic E-state index is -0.375. The Hall–Kier alpha value is -1.14. The van der Waals surface area contributed by atoms with Gasteiger partial charge in [-0.3, -0.25) is 10.1 Å². The summed E-state index contributed by atoms with van der Waals surface area (Å²) in [5.41, 5.74) is 1.65. The topological polar surface area (TPSA) is 67.2 Å². The summed E-state index contributed by atoms with van der Waals surface area (Å²) >= 11 is 3.33. The number of rotatable bonds is 5. The van der Waals surface area contributed by atoms with Gasteiger partial charge < -0.3 is 10.6 Å². The molecule has 0 aromatic heterocycles. The molecule has 1 aromatic rings. The molecular weight excluding hydrogens is 286 g/mol. The van der Waals surface area contributed by atoms with E-state index >= 15 is 0 Å². The summed E-state index contributed by atoms with van der Waals surface area (Å²) in [6.45, 7) is 4.54. The molecule has 0 heterocycles.